The van der Waals surface area contributed by atoms with Crippen LogP contribution in [0, 0.1) is 0 Å². The van der Waals surface area contributed by atoms with E-state index in [0.29, 0.717) is 12.2 Å². The van der Waals surface area contributed by atoms with Gasteiger partial charge in [-0.15, -0.1) is 0 Å². The third-order valence-electron chi connectivity index (χ3n) is 3.97. The van der Waals surface area contributed by atoms with E-state index in [1.807, 2.05) is 25.1 Å². The Balaban J connectivity index is 1.86. The van der Waals surface area contributed by atoms with E-state index in [1.54, 1.807) is 6.92 Å². The molecule has 0 radical (unpaired) electrons. The molecule has 1 aromatic heterocycles. The van der Waals surface area contributed by atoms with Gasteiger partial charge < -0.3 is 9.30 Å². The van der Waals surface area contributed by atoms with E-state index >= 15 is 0 Å². The van der Waals surface area contributed by atoms with Gasteiger partial charge in [-0.2, -0.15) is 0 Å². The summed E-state index contributed by atoms with van der Waals surface area (Å²) in [5.74, 6) is -0.265. The van der Waals surface area contributed by atoms with Crippen LogP contribution >= 0.6 is 0 Å². The normalized spacial score (nSPS) is 11.7. The molecule has 0 aliphatic carbocycles. The molecule has 2 aromatic carbocycles. The van der Waals surface area contributed by atoms with Crippen molar-refractivity contribution < 1.29 is 9.53 Å². The largest absolute Gasteiger partial charge is 0.463 e. The fourth-order valence-electron chi connectivity index (χ4n) is 2.78. The maximum atomic E-state index is 11.7. The predicted molar refractivity (Wildman–Crippen MR) is 97.8 cm³/mol. The van der Waals surface area contributed by atoms with Gasteiger partial charge in [0, 0.05) is 29.2 Å². The van der Waals surface area contributed by atoms with Gasteiger partial charge in [0.2, 0.25) is 0 Å². The molecule has 3 aromatic rings. The molecule has 0 saturated heterocycles. The number of esters is 1. The minimum atomic E-state index is -0.265. The first-order valence-electron chi connectivity index (χ1n) is 8.15. The van der Waals surface area contributed by atoms with Crippen LogP contribution in [0.15, 0.2) is 66.4 Å². The molecule has 0 saturated carbocycles. The summed E-state index contributed by atoms with van der Waals surface area (Å²) in [6, 6.07) is 18.7. The summed E-state index contributed by atoms with van der Waals surface area (Å²) in [6.07, 6.45) is 3.97. The molecule has 3 nitrogen and oxygen atoms in total. The van der Waals surface area contributed by atoms with Gasteiger partial charge in [-0.25, -0.2) is 4.79 Å². The molecule has 1 heterocycles. The lowest BCUT2D eigenvalue weighted by atomic mass is 10.1. The monoisotopic (exact) mass is 319 g/mol. The van der Waals surface area contributed by atoms with E-state index in [0.717, 1.165) is 17.5 Å². The predicted octanol–water partition coefficient (Wildman–Crippen LogP) is 4.66. The molecule has 0 fully saturated rings. The number of carbonyl (C=O) groups is 1. The molecular weight excluding hydrogens is 298 g/mol. The van der Waals surface area contributed by atoms with Crippen molar-refractivity contribution in [1.29, 1.82) is 0 Å². The second kappa shape index (κ2) is 7.18. The summed E-state index contributed by atoms with van der Waals surface area (Å²) >= 11 is 0. The van der Waals surface area contributed by atoms with Gasteiger partial charge in [-0.3, -0.25) is 0 Å². The second-order valence-electron chi connectivity index (χ2n) is 5.80. The zero-order chi connectivity index (χ0) is 16.9. The lowest BCUT2D eigenvalue weighted by molar-refractivity contribution is -0.138. The van der Waals surface area contributed by atoms with Crippen LogP contribution in [-0.2, 0) is 16.1 Å². The minimum absolute atomic E-state index is 0.265. The Bertz CT molecular complexity index is 875. The summed E-state index contributed by atoms with van der Waals surface area (Å²) in [5.41, 5.74) is 4.08. The van der Waals surface area contributed by atoms with E-state index in [9.17, 15) is 4.79 Å². The van der Waals surface area contributed by atoms with Gasteiger partial charge in [-0.1, -0.05) is 36.4 Å². The fraction of sp³-hybridized carbons (Fsp3) is 0.190. The summed E-state index contributed by atoms with van der Waals surface area (Å²) in [5, 5.41) is 1.16. The number of rotatable bonds is 5. The minimum Gasteiger partial charge on any atom is -0.463 e. The Morgan fingerprint density at radius 3 is 2.67 bits per heavy atom. The van der Waals surface area contributed by atoms with Crippen molar-refractivity contribution in [3.8, 4) is 0 Å². The zero-order valence-electron chi connectivity index (χ0n) is 14.0. The topological polar surface area (TPSA) is 31.2 Å². The second-order valence-corrected chi connectivity index (χ2v) is 5.80. The van der Waals surface area contributed by atoms with Crippen molar-refractivity contribution >= 4 is 22.9 Å². The highest BCUT2D eigenvalue weighted by Gasteiger charge is 2.06. The Labute approximate surface area is 142 Å². The molecule has 0 aliphatic rings. The number of nitrogens with zero attached hydrogens (tertiary/aromatic N) is 1. The highest BCUT2D eigenvalue weighted by atomic mass is 16.5. The number of aromatic nitrogens is 1. The van der Waals surface area contributed by atoms with Crippen LogP contribution in [0.1, 0.15) is 25.0 Å². The van der Waals surface area contributed by atoms with Gasteiger partial charge in [0.15, 0.2) is 0 Å². The van der Waals surface area contributed by atoms with Gasteiger partial charge >= 0.3 is 5.97 Å². The summed E-state index contributed by atoms with van der Waals surface area (Å²) < 4.78 is 7.26. The number of ether oxygens (including phenoxy) is 1. The van der Waals surface area contributed by atoms with E-state index in [-0.39, 0.29) is 5.97 Å². The molecule has 0 unspecified atom stereocenters. The Hall–Kier alpha value is -2.81. The van der Waals surface area contributed by atoms with Crippen LogP contribution in [0.3, 0.4) is 0 Å². The van der Waals surface area contributed by atoms with Crippen molar-refractivity contribution in [2.75, 3.05) is 6.61 Å². The molecule has 3 rings (SSSR count). The van der Waals surface area contributed by atoms with Gasteiger partial charge in [-0.05, 0) is 49.2 Å². The SMILES string of the molecule is CCOC(=O)/C(C)=C/c1ccc2c(ccn2Cc2ccccc2)c1. The maximum Gasteiger partial charge on any atom is 0.333 e. The molecule has 0 aliphatic heterocycles. The lowest BCUT2D eigenvalue weighted by Gasteiger charge is -2.06. The van der Waals surface area contributed by atoms with Crippen molar-refractivity contribution in [3.05, 3.63) is 77.5 Å². The van der Waals surface area contributed by atoms with Gasteiger partial charge in [0.1, 0.15) is 0 Å². The Kier molecular flexibility index (Phi) is 4.80. The average Bonchev–Trinajstić information content (AvgIpc) is 2.98. The molecular formula is C21H21NO2. The van der Waals surface area contributed by atoms with E-state index in [2.05, 4.69) is 53.2 Å². The zero-order valence-corrected chi connectivity index (χ0v) is 14.0. The standard InChI is InChI=1S/C21H21NO2/c1-3-24-21(23)16(2)13-18-9-10-20-19(14-18)11-12-22(20)15-17-7-5-4-6-8-17/h4-14H,3,15H2,1-2H3/b16-13+. The van der Waals surface area contributed by atoms with E-state index in [1.165, 1.54) is 11.1 Å². The molecule has 3 heteroatoms. The van der Waals surface area contributed by atoms with Gasteiger partial charge in [0.05, 0.1) is 6.61 Å². The number of benzene rings is 2. The number of hydrogen-bond acceptors (Lipinski definition) is 2. The van der Waals surface area contributed by atoms with Crippen LogP contribution in [-0.4, -0.2) is 17.1 Å². The van der Waals surface area contributed by atoms with Crippen LogP contribution in [0.2, 0.25) is 0 Å². The first-order chi connectivity index (χ1) is 11.7. The average molecular weight is 319 g/mol. The lowest BCUT2D eigenvalue weighted by Crippen LogP contribution is -2.04. The fourth-order valence-corrected chi connectivity index (χ4v) is 2.78. The molecule has 0 atom stereocenters. The molecule has 0 bridgehead atoms. The van der Waals surface area contributed by atoms with Crippen molar-refractivity contribution in [3.63, 3.8) is 0 Å². The number of carbonyl (C=O) groups excluding carboxylic acids is 1. The summed E-state index contributed by atoms with van der Waals surface area (Å²) in [6.45, 7) is 4.84. The first kappa shape index (κ1) is 16.1. The molecule has 0 N–H and O–H groups in total. The number of fused-ring (bicyclic) bond motifs is 1. The third-order valence-corrected chi connectivity index (χ3v) is 3.97. The van der Waals surface area contributed by atoms with Crippen LogP contribution in [0.5, 0.6) is 0 Å². The van der Waals surface area contributed by atoms with Crippen LogP contribution in [0.4, 0.5) is 0 Å². The van der Waals surface area contributed by atoms with Gasteiger partial charge in [0.25, 0.3) is 0 Å². The van der Waals surface area contributed by atoms with E-state index < -0.39 is 0 Å². The highest BCUT2D eigenvalue weighted by molar-refractivity contribution is 5.94. The summed E-state index contributed by atoms with van der Waals surface area (Å²) in [4.78, 5) is 11.7. The van der Waals surface area contributed by atoms with Crippen LogP contribution in [0.25, 0.3) is 17.0 Å². The first-order valence-corrected chi connectivity index (χ1v) is 8.15. The van der Waals surface area contributed by atoms with Crippen molar-refractivity contribution in [2.45, 2.75) is 20.4 Å². The summed E-state index contributed by atoms with van der Waals surface area (Å²) in [7, 11) is 0. The smallest absolute Gasteiger partial charge is 0.333 e. The molecule has 0 amide bonds. The Morgan fingerprint density at radius 1 is 1.12 bits per heavy atom. The molecule has 122 valence electrons. The number of hydrogen-bond donors (Lipinski definition) is 0. The van der Waals surface area contributed by atoms with Crippen LogP contribution < -0.4 is 0 Å². The van der Waals surface area contributed by atoms with E-state index in [4.69, 9.17) is 4.74 Å². The highest BCUT2D eigenvalue weighted by Crippen LogP contribution is 2.20. The maximum absolute atomic E-state index is 11.7. The van der Waals surface area contributed by atoms with Crippen molar-refractivity contribution in [1.82, 2.24) is 4.57 Å². The Morgan fingerprint density at radius 2 is 1.92 bits per heavy atom. The molecule has 0 spiro atoms. The third kappa shape index (κ3) is 3.57. The molecule has 24 heavy (non-hydrogen) atoms. The van der Waals surface area contributed by atoms with Crippen molar-refractivity contribution in [2.24, 2.45) is 0 Å². The quantitative estimate of drug-likeness (QED) is 0.506.